The molecular formula is C17H26Cl3F3N2. The first-order chi connectivity index (χ1) is 10.9. The van der Waals surface area contributed by atoms with Gasteiger partial charge in [0.15, 0.2) is 0 Å². The third-order valence-electron chi connectivity index (χ3n) is 4.37. The number of piperazine rings is 1. The van der Waals surface area contributed by atoms with Crippen LogP contribution < -0.4 is 5.32 Å². The van der Waals surface area contributed by atoms with E-state index in [1.165, 1.54) is 6.07 Å². The summed E-state index contributed by atoms with van der Waals surface area (Å²) in [5.74, 6) is 0. The molecule has 0 unspecified atom stereocenters. The Kier molecular flexibility index (Phi) is 11.4. The molecule has 0 saturated carbocycles. The number of nitrogens with zero attached hydrogens (tertiary/aromatic N) is 1. The SMILES string of the molecule is CCCCC[C@H](c1cccc(C(F)(F)F)c1Cl)N1CCNCC1.Cl.Cl. The lowest BCUT2D eigenvalue weighted by Crippen LogP contribution is -2.45. The van der Waals surface area contributed by atoms with E-state index in [0.717, 1.165) is 57.9 Å². The smallest absolute Gasteiger partial charge is 0.314 e. The van der Waals surface area contributed by atoms with Crippen LogP contribution in [0.5, 0.6) is 0 Å². The fraction of sp³-hybridized carbons (Fsp3) is 0.647. The summed E-state index contributed by atoms with van der Waals surface area (Å²) in [6, 6.07) is 4.24. The molecule has 1 saturated heterocycles. The molecule has 1 atom stereocenters. The Bertz CT molecular complexity index is 506. The van der Waals surface area contributed by atoms with E-state index in [4.69, 9.17) is 11.6 Å². The lowest BCUT2D eigenvalue weighted by atomic mass is 9.96. The van der Waals surface area contributed by atoms with E-state index < -0.39 is 11.7 Å². The summed E-state index contributed by atoms with van der Waals surface area (Å²) < 4.78 is 39.4. The van der Waals surface area contributed by atoms with Crippen molar-refractivity contribution in [2.24, 2.45) is 0 Å². The fourth-order valence-corrected chi connectivity index (χ4v) is 3.50. The molecule has 1 aromatic carbocycles. The molecular weight excluding hydrogens is 396 g/mol. The van der Waals surface area contributed by atoms with Crippen molar-refractivity contribution in [3.63, 3.8) is 0 Å². The minimum atomic E-state index is -4.41. The Morgan fingerprint density at radius 3 is 2.36 bits per heavy atom. The van der Waals surface area contributed by atoms with Crippen LogP contribution in [0.15, 0.2) is 18.2 Å². The second-order valence-corrected chi connectivity index (χ2v) is 6.38. The molecule has 1 aromatic rings. The molecule has 1 N–H and O–H groups in total. The van der Waals surface area contributed by atoms with Gasteiger partial charge in [-0.15, -0.1) is 24.8 Å². The number of unbranched alkanes of at least 4 members (excludes halogenated alkanes) is 2. The van der Waals surface area contributed by atoms with E-state index in [1.807, 2.05) is 0 Å². The van der Waals surface area contributed by atoms with E-state index in [2.05, 4.69) is 17.1 Å². The van der Waals surface area contributed by atoms with Gasteiger partial charge < -0.3 is 5.32 Å². The molecule has 25 heavy (non-hydrogen) atoms. The number of alkyl halides is 3. The maximum atomic E-state index is 13.1. The van der Waals surface area contributed by atoms with Crippen molar-refractivity contribution >= 4 is 36.4 Å². The lowest BCUT2D eigenvalue weighted by molar-refractivity contribution is -0.137. The Morgan fingerprint density at radius 1 is 1.16 bits per heavy atom. The topological polar surface area (TPSA) is 15.3 Å². The van der Waals surface area contributed by atoms with Gasteiger partial charge in [-0.25, -0.2) is 0 Å². The van der Waals surface area contributed by atoms with Gasteiger partial charge in [0.25, 0.3) is 0 Å². The molecule has 0 bridgehead atoms. The Labute approximate surface area is 165 Å². The summed E-state index contributed by atoms with van der Waals surface area (Å²) in [6.45, 7) is 5.52. The second-order valence-electron chi connectivity index (χ2n) is 6.00. The third kappa shape index (κ3) is 6.79. The quantitative estimate of drug-likeness (QED) is 0.590. The maximum Gasteiger partial charge on any atom is 0.417 e. The summed E-state index contributed by atoms with van der Waals surface area (Å²) in [5, 5.41) is 3.15. The summed E-state index contributed by atoms with van der Waals surface area (Å²) in [5.41, 5.74) is -0.119. The van der Waals surface area contributed by atoms with Gasteiger partial charge in [-0.05, 0) is 18.1 Å². The number of nitrogens with one attached hydrogen (secondary N) is 1. The first kappa shape index (κ1) is 24.8. The normalized spacial score (nSPS) is 16.7. The molecule has 146 valence electrons. The van der Waals surface area contributed by atoms with Gasteiger partial charge in [0.2, 0.25) is 0 Å². The van der Waals surface area contributed by atoms with Gasteiger partial charge in [-0.2, -0.15) is 13.2 Å². The molecule has 8 heteroatoms. The van der Waals surface area contributed by atoms with Crippen molar-refractivity contribution in [3.05, 3.63) is 34.3 Å². The average Bonchev–Trinajstić information content (AvgIpc) is 2.52. The van der Waals surface area contributed by atoms with Crippen LogP contribution in [0.1, 0.15) is 49.8 Å². The molecule has 0 aliphatic carbocycles. The predicted molar refractivity (Wildman–Crippen MR) is 102 cm³/mol. The van der Waals surface area contributed by atoms with Crippen molar-refractivity contribution in [1.29, 1.82) is 0 Å². The molecule has 0 radical (unpaired) electrons. The standard InChI is InChI=1S/C17H24ClF3N2.2ClH/c1-2-3-4-8-15(23-11-9-22-10-12-23)13-6-5-7-14(16(13)18)17(19,20)21;;/h5-7,15,22H,2-4,8-12H2,1H3;2*1H/t15-;;/m1../s1. The van der Waals surface area contributed by atoms with Crippen LogP contribution in [0.3, 0.4) is 0 Å². The summed E-state index contributed by atoms with van der Waals surface area (Å²) >= 11 is 6.16. The summed E-state index contributed by atoms with van der Waals surface area (Å²) in [4.78, 5) is 2.26. The van der Waals surface area contributed by atoms with Crippen LogP contribution in [0, 0.1) is 0 Å². The minimum absolute atomic E-state index is 0. The van der Waals surface area contributed by atoms with Crippen LogP contribution in [0.2, 0.25) is 5.02 Å². The maximum absolute atomic E-state index is 13.1. The van der Waals surface area contributed by atoms with E-state index in [0.29, 0.717) is 5.56 Å². The highest BCUT2D eigenvalue weighted by Crippen LogP contribution is 2.40. The molecule has 2 rings (SSSR count). The zero-order chi connectivity index (χ0) is 16.9. The first-order valence-electron chi connectivity index (χ1n) is 8.25. The van der Waals surface area contributed by atoms with Gasteiger partial charge in [0, 0.05) is 32.2 Å². The van der Waals surface area contributed by atoms with Gasteiger partial charge in [0.1, 0.15) is 0 Å². The van der Waals surface area contributed by atoms with Crippen molar-refractivity contribution in [3.8, 4) is 0 Å². The Hall–Kier alpha value is -0.200. The zero-order valence-electron chi connectivity index (χ0n) is 14.2. The molecule has 0 spiro atoms. The van der Waals surface area contributed by atoms with Crippen molar-refractivity contribution in [1.82, 2.24) is 10.2 Å². The van der Waals surface area contributed by atoms with Gasteiger partial charge >= 0.3 is 6.18 Å². The second kappa shape index (κ2) is 11.5. The van der Waals surface area contributed by atoms with Crippen LogP contribution in [0.4, 0.5) is 13.2 Å². The average molecular weight is 422 g/mol. The third-order valence-corrected chi connectivity index (χ3v) is 4.79. The monoisotopic (exact) mass is 420 g/mol. The Balaban J connectivity index is 0.00000288. The van der Waals surface area contributed by atoms with E-state index in [-0.39, 0.29) is 35.9 Å². The van der Waals surface area contributed by atoms with Crippen LogP contribution in [-0.4, -0.2) is 31.1 Å². The molecule has 1 aliphatic rings. The van der Waals surface area contributed by atoms with Crippen LogP contribution in [-0.2, 0) is 6.18 Å². The molecule has 2 nitrogen and oxygen atoms in total. The number of hydrogen-bond acceptors (Lipinski definition) is 2. The van der Waals surface area contributed by atoms with Crippen molar-refractivity contribution in [2.75, 3.05) is 26.2 Å². The lowest BCUT2D eigenvalue weighted by Gasteiger charge is -2.36. The summed E-state index contributed by atoms with van der Waals surface area (Å²) in [6.07, 6.45) is -0.402. The van der Waals surface area contributed by atoms with Crippen LogP contribution >= 0.6 is 36.4 Å². The largest absolute Gasteiger partial charge is 0.417 e. The molecule has 0 amide bonds. The highest BCUT2D eigenvalue weighted by molar-refractivity contribution is 6.32. The number of hydrogen-bond donors (Lipinski definition) is 1. The number of halogens is 6. The van der Waals surface area contributed by atoms with Crippen molar-refractivity contribution in [2.45, 2.75) is 44.8 Å². The number of benzene rings is 1. The van der Waals surface area contributed by atoms with Gasteiger partial charge in [-0.1, -0.05) is 49.9 Å². The van der Waals surface area contributed by atoms with Crippen LogP contribution in [0.25, 0.3) is 0 Å². The minimum Gasteiger partial charge on any atom is -0.314 e. The molecule has 1 fully saturated rings. The molecule has 0 aromatic heterocycles. The van der Waals surface area contributed by atoms with E-state index in [9.17, 15) is 13.2 Å². The molecule has 1 heterocycles. The Morgan fingerprint density at radius 2 is 1.80 bits per heavy atom. The van der Waals surface area contributed by atoms with E-state index in [1.54, 1.807) is 6.07 Å². The van der Waals surface area contributed by atoms with Gasteiger partial charge in [-0.3, -0.25) is 4.90 Å². The first-order valence-corrected chi connectivity index (χ1v) is 8.63. The highest BCUT2D eigenvalue weighted by Gasteiger charge is 2.35. The number of rotatable bonds is 6. The van der Waals surface area contributed by atoms with E-state index >= 15 is 0 Å². The summed E-state index contributed by atoms with van der Waals surface area (Å²) in [7, 11) is 0. The van der Waals surface area contributed by atoms with Gasteiger partial charge in [0.05, 0.1) is 10.6 Å². The zero-order valence-corrected chi connectivity index (χ0v) is 16.6. The highest BCUT2D eigenvalue weighted by atomic mass is 35.5. The fourth-order valence-electron chi connectivity index (χ4n) is 3.14. The van der Waals surface area contributed by atoms with Crippen molar-refractivity contribution < 1.29 is 13.2 Å². The predicted octanol–water partition coefficient (Wildman–Crippen LogP) is 5.73. The molecule has 1 aliphatic heterocycles.